The number of rotatable bonds is 4. The van der Waals surface area contributed by atoms with Crippen molar-refractivity contribution in [1.29, 1.82) is 0 Å². The molecule has 1 fully saturated rings. The van der Waals surface area contributed by atoms with Gasteiger partial charge < -0.3 is 9.30 Å². The summed E-state index contributed by atoms with van der Waals surface area (Å²) in [5, 5.41) is 0. The van der Waals surface area contributed by atoms with Crippen LogP contribution in [0.25, 0.3) is 11.0 Å². The van der Waals surface area contributed by atoms with Crippen molar-refractivity contribution >= 4 is 22.6 Å². The largest absolute Gasteiger partial charge is 0.494 e. The number of nitrogens with zero attached hydrogens (tertiary/aromatic N) is 2. The Hall–Kier alpha value is -1.22. The van der Waals surface area contributed by atoms with Gasteiger partial charge in [-0.3, -0.25) is 0 Å². The van der Waals surface area contributed by atoms with Gasteiger partial charge in [-0.15, -0.1) is 11.6 Å². The molecule has 4 heteroatoms. The standard InChI is InChI=1S/C17H23ClN2O/c1-3-12-7-9-13(10-8-12)20-14-5-4-6-15(21-2)17(14)19-16(20)11-18/h4-6,12-13H,3,7-11H2,1-2H3. The number of methoxy groups -OCH3 is 1. The summed E-state index contributed by atoms with van der Waals surface area (Å²) >= 11 is 6.15. The van der Waals surface area contributed by atoms with Gasteiger partial charge in [0.1, 0.15) is 17.1 Å². The summed E-state index contributed by atoms with van der Waals surface area (Å²) in [7, 11) is 1.70. The van der Waals surface area contributed by atoms with Crippen molar-refractivity contribution in [2.24, 2.45) is 5.92 Å². The van der Waals surface area contributed by atoms with E-state index >= 15 is 0 Å². The predicted molar refractivity (Wildman–Crippen MR) is 87.1 cm³/mol. The lowest BCUT2D eigenvalue weighted by molar-refractivity contribution is 0.270. The summed E-state index contributed by atoms with van der Waals surface area (Å²) in [5.74, 6) is 3.15. The summed E-state index contributed by atoms with van der Waals surface area (Å²) in [5.41, 5.74) is 2.10. The van der Waals surface area contributed by atoms with Gasteiger partial charge in [-0.1, -0.05) is 19.4 Å². The zero-order chi connectivity index (χ0) is 14.8. The summed E-state index contributed by atoms with van der Waals surface area (Å²) in [6, 6.07) is 6.66. The molecular weight excluding hydrogens is 284 g/mol. The molecule has 1 aliphatic carbocycles. The molecule has 0 aliphatic heterocycles. The maximum atomic E-state index is 6.15. The third-order valence-corrected chi connectivity index (χ3v) is 5.09. The van der Waals surface area contributed by atoms with Crippen LogP contribution < -0.4 is 4.74 Å². The van der Waals surface area contributed by atoms with E-state index < -0.39 is 0 Å². The minimum atomic E-state index is 0.450. The quantitative estimate of drug-likeness (QED) is 0.749. The van der Waals surface area contributed by atoms with E-state index in [0.717, 1.165) is 28.5 Å². The molecule has 0 amide bonds. The number of imidazole rings is 1. The van der Waals surface area contributed by atoms with Crippen LogP contribution in [0.1, 0.15) is 50.9 Å². The minimum Gasteiger partial charge on any atom is -0.494 e. The number of alkyl halides is 1. The predicted octanol–water partition coefficient (Wildman–Crippen LogP) is 4.93. The molecule has 1 aromatic carbocycles. The zero-order valence-electron chi connectivity index (χ0n) is 12.8. The molecule has 0 N–H and O–H groups in total. The topological polar surface area (TPSA) is 27.1 Å². The number of hydrogen-bond donors (Lipinski definition) is 0. The van der Waals surface area contributed by atoms with Crippen molar-refractivity contribution in [3.05, 3.63) is 24.0 Å². The van der Waals surface area contributed by atoms with Gasteiger partial charge >= 0.3 is 0 Å². The zero-order valence-corrected chi connectivity index (χ0v) is 13.6. The van der Waals surface area contributed by atoms with Gasteiger partial charge in [0.15, 0.2) is 0 Å². The second-order valence-corrected chi connectivity index (χ2v) is 6.21. The van der Waals surface area contributed by atoms with Crippen LogP contribution in [0.2, 0.25) is 0 Å². The van der Waals surface area contributed by atoms with E-state index in [0.29, 0.717) is 11.9 Å². The van der Waals surface area contributed by atoms with Crippen LogP contribution in [0.15, 0.2) is 18.2 Å². The fourth-order valence-corrected chi connectivity index (χ4v) is 3.81. The van der Waals surface area contributed by atoms with E-state index in [4.69, 9.17) is 21.3 Å². The Balaban J connectivity index is 2.01. The lowest BCUT2D eigenvalue weighted by Crippen LogP contribution is -2.19. The molecule has 0 bridgehead atoms. The van der Waals surface area contributed by atoms with Gasteiger partial charge in [0.2, 0.25) is 0 Å². The van der Waals surface area contributed by atoms with Crippen LogP contribution in [-0.4, -0.2) is 16.7 Å². The summed E-state index contributed by atoms with van der Waals surface area (Å²) in [6.07, 6.45) is 6.38. The van der Waals surface area contributed by atoms with Gasteiger partial charge in [0.25, 0.3) is 0 Å². The molecule has 3 rings (SSSR count). The first-order valence-electron chi connectivity index (χ1n) is 7.88. The van der Waals surface area contributed by atoms with Gasteiger partial charge in [-0.25, -0.2) is 4.98 Å². The molecule has 1 aliphatic rings. The van der Waals surface area contributed by atoms with Crippen molar-refractivity contribution in [1.82, 2.24) is 9.55 Å². The molecule has 1 aromatic heterocycles. The average Bonchev–Trinajstić information content (AvgIpc) is 2.93. The monoisotopic (exact) mass is 306 g/mol. The number of halogens is 1. The number of aromatic nitrogens is 2. The summed E-state index contributed by atoms with van der Waals surface area (Å²) < 4.78 is 7.80. The first-order valence-corrected chi connectivity index (χ1v) is 8.41. The SMILES string of the molecule is CCC1CCC(n2c(CCl)nc3c(OC)cccc32)CC1. The van der Waals surface area contributed by atoms with E-state index in [1.165, 1.54) is 32.1 Å². The van der Waals surface area contributed by atoms with Crippen LogP contribution in [0.3, 0.4) is 0 Å². The van der Waals surface area contributed by atoms with Gasteiger partial charge in [-0.2, -0.15) is 0 Å². The lowest BCUT2D eigenvalue weighted by atomic mass is 9.84. The smallest absolute Gasteiger partial charge is 0.146 e. The lowest BCUT2D eigenvalue weighted by Gasteiger charge is -2.30. The fourth-order valence-electron chi connectivity index (χ4n) is 3.62. The number of fused-ring (bicyclic) bond motifs is 1. The van der Waals surface area contributed by atoms with Gasteiger partial charge in [0, 0.05) is 6.04 Å². The van der Waals surface area contributed by atoms with Crippen LogP contribution in [0.5, 0.6) is 5.75 Å². The van der Waals surface area contributed by atoms with Crippen LogP contribution in [0, 0.1) is 5.92 Å². The Morgan fingerprint density at radius 3 is 2.67 bits per heavy atom. The molecule has 0 spiro atoms. The molecule has 0 atom stereocenters. The van der Waals surface area contributed by atoms with Crippen molar-refractivity contribution < 1.29 is 4.74 Å². The summed E-state index contributed by atoms with van der Waals surface area (Å²) in [4.78, 5) is 4.72. The second kappa shape index (κ2) is 6.27. The number of hydrogen-bond acceptors (Lipinski definition) is 2. The molecule has 1 saturated carbocycles. The molecule has 0 saturated heterocycles. The van der Waals surface area contributed by atoms with Crippen molar-refractivity contribution in [3.63, 3.8) is 0 Å². The number of para-hydroxylation sites is 1. The molecular formula is C17H23ClN2O. The van der Waals surface area contributed by atoms with E-state index in [9.17, 15) is 0 Å². The molecule has 2 aromatic rings. The molecule has 21 heavy (non-hydrogen) atoms. The molecule has 0 unspecified atom stereocenters. The third kappa shape index (κ3) is 2.64. The van der Waals surface area contributed by atoms with E-state index in [2.05, 4.69) is 17.6 Å². The van der Waals surface area contributed by atoms with Crippen LogP contribution in [-0.2, 0) is 5.88 Å². The Bertz CT molecular complexity index is 615. The van der Waals surface area contributed by atoms with Crippen molar-refractivity contribution in [3.8, 4) is 5.75 Å². The molecule has 0 radical (unpaired) electrons. The van der Waals surface area contributed by atoms with E-state index in [1.807, 2.05) is 12.1 Å². The second-order valence-electron chi connectivity index (χ2n) is 5.94. The Labute approximate surface area is 131 Å². The first-order chi connectivity index (χ1) is 10.3. The highest BCUT2D eigenvalue weighted by molar-refractivity contribution is 6.16. The molecule has 114 valence electrons. The number of benzene rings is 1. The average molecular weight is 307 g/mol. The first kappa shape index (κ1) is 14.7. The number of ether oxygens (including phenoxy) is 1. The maximum absolute atomic E-state index is 6.15. The normalized spacial score (nSPS) is 22.6. The van der Waals surface area contributed by atoms with Crippen LogP contribution in [0.4, 0.5) is 0 Å². The van der Waals surface area contributed by atoms with Crippen molar-refractivity contribution in [2.75, 3.05) is 7.11 Å². The molecule has 1 heterocycles. The third-order valence-electron chi connectivity index (χ3n) is 4.85. The van der Waals surface area contributed by atoms with E-state index in [1.54, 1.807) is 7.11 Å². The highest BCUT2D eigenvalue weighted by Gasteiger charge is 2.25. The Kier molecular flexibility index (Phi) is 4.39. The fraction of sp³-hybridized carbons (Fsp3) is 0.588. The highest BCUT2D eigenvalue weighted by atomic mass is 35.5. The minimum absolute atomic E-state index is 0.450. The van der Waals surface area contributed by atoms with Crippen LogP contribution >= 0.6 is 11.6 Å². The Morgan fingerprint density at radius 2 is 2.05 bits per heavy atom. The summed E-state index contributed by atoms with van der Waals surface area (Å²) in [6.45, 7) is 2.30. The molecule has 3 nitrogen and oxygen atoms in total. The van der Waals surface area contributed by atoms with Gasteiger partial charge in [-0.05, 0) is 43.7 Å². The highest BCUT2D eigenvalue weighted by Crippen LogP contribution is 2.38. The van der Waals surface area contributed by atoms with E-state index in [-0.39, 0.29) is 0 Å². The Morgan fingerprint density at radius 1 is 1.29 bits per heavy atom. The van der Waals surface area contributed by atoms with Gasteiger partial charge in [0.05, 0.1) is 18.5 Å². The maximum Gasteiger partial charge on any atom is 0.146 e. The van der Waals surface area contributed by atoms with Crippen molar-refractivity contribution in [2.45, 2.75) is 50.9 Å².